The number of nitrogens with zero attached hydrogens (tertiary/aromatic N) is 1. The average Bonchev–Trinajstić information content (AvgIpc) is 2.58. The minimum atomic E-state index is -0.382. The molecule has 1 N–H and O–H groups in total. The van der Waals surface area contributed by atoms with Gasteiger partial charge in [0.2, 0.25) is 5.91 Å². The second kappa shape index (κ2) is 6.83. The Hall–Kier alpha value is -2.69. The average molecular weight is 326 g/mol. The van der Waals surface area contributed by atoms with E-state index in [-0.39, 0.29) is 17.6 Å². The van der Waals surface area contributed by atoms with E-state index in [0.717, 1.165) is 24.1 Å². The summed E-state index contributed by atoms with van der Waals surface area (Å²) in [4.78, 5) is 26.2. The smallest absolute Gasteiger partial charge is 0.255 e. The van der Waals surface area contributed by atoms with E-state index in [9.17, 15) is 14.0 Å². The lowest BCUT2D eigenvalue weighted by Gasteiger charge is -2.28. The maximum absolute atomic E-state index is 12.9. The minimum absolute atomic E-state index is 0.117. The third kappa shape index (κ3) is 3.45. The first-order chi connectivity index (χ1) is 11.5. The first-order valence-electron chi connectivity index (χ1n) is 8.02. The number of carbonyl (C=O) groups excluding carboxylic acids is 2. The largest absolute Gasteiger partial charge is 0.322 e. The number of aryl methyl sites for hydroxylation is 1. The van der Waals surface area contributed by atoms with Crippen LogP contribution >= 0.6 is 0 Å². The van der Waals surface area contributed by atoms with Gasteiger partial charge in [0.05, 0.1) is 0 Å². The molecule has 0 atom stereocenters. The van der Waals surface area contributed by atoms with Crippen molar-refractivity contribution in [1.82, 2.24) is 0 Å². The van der Waals surface area contributed by atoms with Crippen molar-refractivity contribution < 1.29 is 14.0 Å². The minimum Gasteiger partial charge on any atom is -0.322 e. The van der Waals surface area contributed by atoms with Crippen LogP contribution in [-0.2, 0) is 4.79 Å². The maximum Gasteiger partial charge on any atom is 0.255 e. The summed E-state index contributed by atoms with van der Waals surface area (Å²) >= 11 is 0. The monoisotopic (exact) mass is 326 g/mol. The summed E-state index contributed by atoms with van der Waals surface area (Å²) in [7, 11) is 0. The molecule has 2 aromatic rings. The van der Waals surface area contributed by atoms with E-state index in [0.29, 0.717) is 24.2 Å². The van der Waals surface area contributed by atoms with E-state index in [1.54, 1.807) is 11.0 Å². The number of amides is 2. The van der Waals surface area contributed by atoms with Crippen LogP contribution in [0, 0.1) is 12.7 Å². The standard InChI is InChI=1S/C19H19FN2O2/c1-13-5-10-16(12-17(13)22-11-3-2-4-18(22)23)21-19(24)14-6-8-15(20)9-7-14/h5-10,12H,2-4,11H2,1H3,(H,21,24). The normalized spacial score (nSPS) is 14.6. The Morgan fingerprint density at radius 3 is 2.58 bits per heavy atom. The van der Waals surface area contributed by atoms with Gasteiger partial charge in [-0.2, -0.15) is 0 Å². The summed E-state index contributed by atoms with van der Waals surface area (Å²) in [5.74, 6) is -0.575. The van der Waals surface area contributed by atoms with Crippen molar-refractivity contribution in [2.24, 2.45) is 0 Å². The molecule has 0 bridgehead atoms. The maximum atomic E-state index is 12.9. The Balaban J connectivity index is 1.81. The zero-order chi connectivity index (χ0) is 17.1. The number of hydrogen-bond donors (Lipinski definition) is 1. The molecule has 0 spiro atoms. The molecule has 124 valence electrons. The molecule has 5 heteroatoms. The van der Waals surface area contributed by atoms with E-state index < -0.39 is 0 Å². The Morgan fingerprint density at radius 2 is 1.88 bits per heavy atom. The molecule has 2 amide bonds. The molecule has 1 saturated heterocycles. The molecule has 4 nitrogen and oxygen atoms in total. The summed E-state index contributed by atoms with van der Waals surface area (Å²) in [5.41, 5.74) is 2.82. The predicted octanol–water partition coefficient (Wildman–Crippen LogP) is 3.90. The molecule has 1 aliphatic heterocycles. The van der Waals surface area contributed by atoms with Crippen LogP contribution in [0.15, 0.2) is 42.5 Å². The molecule has 1 aliphatic rings. The summed E-state index contributed by atoms with van der Waals surface area (Å²) < 4.78 is 12.9. The molecule has 24 heavy (non-hydrogen) atoms. The number of hydrogen-bond acceptors (Lipinski definition) is 2. The first-order valence-corrected chi connectivity index (χ1v) is 8.02. The van der Waals surface area contributed by atoms with E-state index in [1.807, 2.05) is 19.1 Å². The van der Waals surface area contributed by atoms with E-state index in [4.69, 9.17) is 0 Å². The third-order valence-electron chi connectivity index (χ3n) is 4.19. The van der Waals surface area contributed by atoms with Gasteiger partial charge in [0.15, 0.2) is 0 Å². The third-order valence-corrected chi connectivity index (χ3v) is 4.19. The summed E-state index contributed by atoms with van der Waals surface area (Å²) in [6.45, 7) is 2.65. The van der Waals surface area contributed by atoms with Crippen LogP contribution < -0.4 is 10.2 Å². The zero-order valence-corrected chi connectivity index (χ0v) is 13.5. The number of rotatable bonds is 3. The fraction of sp³-hybridized carbons (Fsp3) is 0.263. The van der Waals surface area contributed by atoms with Gasteiger partial charge in [0, 0.05) is 29.9 Å². The van der Waals surface area contributed by atoms with Gasteiger partial charge in [-0.15, -0.1) is 0 Å². The predicted molar refractivity (Wildman–Crippen MR) is 91.7 cm³/mol. The number of benzene rings is 2. The number of piperidine rings is 1. The van der Waals surface area contributed by atoms with E-state index >= 15 is 0 Å². The van der Waals surface area contributed by atoms with Crippen LogP contribution in [0.4, 0.5) is 15.8 Å². The van der Waals surface area contributed by atoms with Crippen LogP contribution in [-0.4, -0.2) is 18.4 Å². The molecular weight excluding hydrogens is 307 g/mol. The molecular formula is C19H19FN2O2. The highest BCUT2D eigenvalue weighted by Crippen LogP contribution is 2.28. The fourth-order valence-electron chi connectivity index (χ4n) is 2.84. The molecule has 0 unspecified atom stereocenters. The summed E-state index contributed by atoms with van der Waals surface area (Å²) in [6.07, 6.45) is 2.47. The Bertz CT molecular complexity index is 771. The van der Waals surface area contributed by atoms with Crippen molar-refractivity contribution in [3.8, 4) is 0 Å². The molecule has 0 saturated carbocycles. The molecule has 2 aromatic carbocycles. The van der Waals surface area contributed by atoms with Gasteiger partial charge >= 0.3 is 0 Å². The Labute approximate surface area is 140 Å². The van der Waals surface area contributed by atoms with Crippen molar-refractivity contribution >= 4 is 23.2 Å². The SMILES string of the molecule is Cc1ccc(NC(=O)c2ccc(F)cc2)cc1N1CCCCC1=O. The van der Waals surface area contributed by atoms with Crippen LogP contribution in [0.2, 0.25) is 0 Å². The van der Waals surface area contributed by atoms with Crippen LogP contribution in [0.25, 0.3) is 0 Å². The van der Waals surface area contributed by atoms with E-state index in [2.05, 4.69) is 5.32 Å². The lowest BCUT2D eigenvalue weighted by molar-refractivity contribution is -0.119. The summed E-state index contributed by atoms with van der Waals surface area (Å²) in [5, 5.41) is 2.80. The van der Waals surface area contributed by atoms with Crippen molar-refractivity contribution in [3.05, 3.63) is 59.4 Å². The molecule has 1 fully saturated rings. The highest BCUT2D eigenvalue weighted by atomic mass is 19.1. The second-order valence-electron chi connectivity index (χ2n) is 5.96. The number of anilines is 2. The van der Waals surface area contributed by atoms with Crippen LogP contribution in [0.1, 0.15) is 35.2 Å². The van der Waals surface area contributed by atoms with Gasteiger partial charge in [0.25, 0.3) is 5.91 Å². The van der Waals surface area contributed by atoms with E-state index in [1.165, 1.54) is 24.3 Å². The molecule has 3 rings (SSSR count). The van der Waals surface area contributed by atoms with Gasteiger partial charge in [-0.25, -0.2) is 4.39 Å². The molecule has 1 heterocycles. The van der Waals surface area contributed by atoms with Gasteiger partial charge < -0.3 is 10.2 Å². The van der Waals surface area contributed by atoms with Crippen molar-refractivity contribution in [1.29, 1.82) is 0 Å². The summed E-state index contributed by atoms with van der Waals surface area (Å²) in [6, 6.07) is 10.9. The van der Waals surface area contributed by atoms with Crippen molar-refractivity contribution in [2.75, 3.05) is 16.8 Å². The molecule has 0 aromatic heterocycles. The number of halogens is 1. The molecule has 0 radical (unpaired) electrons. The topological polar surface area (TPSA) is 49.4 Å². The van der Waals surface area contributed by atoms with Gasteiger partial charge in [-0.05, 0) is 61.7 Å². The molecule has 0 aliphatic carbocycles. The number of nitrogens with one attached hydrogen (secondary N) is 1. The highest BCUT2D eigenvalue weighted by Gasteiger charge is 2.21. The highest BCUT2D eigenvalue weighted by molar-refractivity contribution is 6.05. The van der Waals surface area contributed by atoms with Gasteiger partial charge in [-0.1, -0.05) is 6.07 Å². The van der Waals surface area contributed by atoms with Crippen LogP contribution in [0.3, 0.4) is 0 Å². The quantitative estimate of drug-likeness (QED) is 0.930. The van der Waals surface area contributed by atoms with Gasteiger partial charge in [0.1, 0.15) is 5.82 Å². The van der Waals surface area contributed by atoms with Crippen LogP contribution in [0.5, 0.6) is 0 Å². The second-order valence-corrected chi connectivity index (χ2v) is 5.96. The lowest BCUT2D eigenvalue weighted by atomic mass is 10.1. The zero-order valence-electron chi connectivity index (χ0n) is 13.5. The Morgan fingerprint density at radius 1 is 1.12 bits per heavy atom. The Kier molecular flexibility index (Phi) is 4.60. The van der Waals surface area contributed by atoms with Crippen molar-refractivity contribution in [2.45, 2.75) is 26.2 Å². The van der Waals surface area contributed by atoms with Gasteiger partial charge in [-0.3, -0.25) is 9.59 Å². The lowest BCUT2D eigenvalue weighted by Crippen LogP contribution is -2.35. The van der Waals surface area contributed by atoms with Crippen molar-refractivity contribution in [3.63, 3.8) is 0 Å². The number of carbonyl (C=O) groups is 2. The fourth-order valence-corrected chi connectivity index (χ4v) is 2.84. The first kappa shape index (κ1) is 16.2.